The van der Waals surface area contributed by atoms with E-state index in [-0.39, 0.29) is 23.5 Å². The van der Waals surface area contributed by atoms with Crippen LogP contribution in [0.5, 0.6) is 5.75 Å². The number of nitrogens with zero attached hydrogens (tertiary/aromatic N) is 1. The average Bonchev–Trinajstić information content (AvgIpc) is 2.27. The molecule has 0 aliphatic heterocycles. The molecule has 0 saturated carbocycles. The number of rotatable bonds is 2. The maximum absolute atomic E-state index is 11.5. The van der Waals surface area contributed by atoms with Gasteiger partial charge in [0.1, 0.15) is 11.5 Å². The van der Waals surface area contributed by atoms with Crippen LogP contribution in [0.25, 0.3) is 0 Å². The highest BCUT2D eigenvalue weighted by molar-refractivity contribution is 5.84. The van der Waals surface area contributed by atoms with E-state index in [4.69, 9.17) is 0 Å². The third-order valence-electron chi connectivity index (χ3n) is 3.11. The van der Waals surface area contributed by atoms with Gasteiger partial charge in [0.25, 0.3) is 0 Å². The van der Waals surface area contributed by atoms with Gasteiger partial charge in [-0.15, -0.1) is 0 Å². The normalized spacial score (nSPS) is 23.6. The predicted octanol–water partition coefficient (Wildman–Crippen LogP) is 2.15. The van der Waals surface area contributed by atoms with Crippen molar-refractivity contribution in [1.29, 1.82) is 0 Å². The van der Waals surface area contributed by atoms with Gasteiger partial charge in [-0.05, 0) is 43.0 Å². The predicted molar refractivity (Wildman–Crippen MR) is 59.4 cm³/mol. The molecule has 16 heavy (non-hydrogen) atoms. The summed E-state index contributed by atoms with van der Waals surface area (Å²) in [6.45, 7) is 1.51. The Balaban J connectivity index is 2.46. The number of carbonyl (C=O) groups is 1. The maximum atomic E-state index is 11.5. The van der Waals surface area contributed by atoms with Crippen molar-refractivity contribution in [2.45, 2.75) is 31.7 Å². The summed E-state index contributed by atoms with van der Waals surface area (Å²) in [6, 6.07) is 4.62. The summed E-state index contributed by atoms with van der Waals surface area (Å²) in [5.41, 5.74) is 1.78. The molecule has 2 rings (SSSR count). The highest BCUT2D eigenvalue weighted by Gasteiger charge is 2.30. The van der Waals surface area contributed by atoms with Crippen LogP contribution in [-0.4, -0.2) is 16.9 Å². The van der Waals surface area contributed by atoms with Crippen molar-refractivity contribution in [3.8, 4) is 5.75 Å². The van der Waals surface area contributed by atoms with E-state index in [0.717, 1.165) is 11.1 Å². The average molecular weight is 219 g/mol. The van der Waals surface area contributed by atoms with E-state index in [1.807, 2.05) is 0 Å². The molecular weight excluding hydrogens is 206 g/mol. The molecule has 1 aliphatic rings. The molecule has 84 valence electrons. The fraction of sp³-hybridized carbons (Fsp3) is 0.417. The summed E-state index contributed by atoms with van der Waals surface area (Å²) < 4.78 is 0. The van der Waals surface area contributed by atoms with Crippen LogP contribution >= 0.6 is 0 Å². The van der Waals surface area contributed by atoms with Gasteiger partial charge in [-0.2, -0.15) is 4.91 Å². The Bertz CT molecular complexity index is 442. The number of ketones is 1. The molecule has 1 aromatic rings. The SMILES string of the molecule is CC(=O)C1C[C@@H](N=O)Cc2ccc(O)cc21. The molecule has 0 saturated heterocycles. The number of fused-ring (bicyclic) bond motifs is 1. The van der Waals surface area contributed by atoms with Crippen LogP contribution in [-0.2, 0) is 11.2 Å². The van der Waals surface area contributed by atoms with Crippen LogP contribution in [0.1, 0.15) is 30.4 Å². The molecule has 0 radical (unpaired) electrons. The number of benzene rings is 1. The van der Waals surface area contributed by atoms with Crippen molar-refractivity contribution >= 4 is 5.78 Å². The maximum Gasteiger partial charge on any atom is 0.137 e. The van der Waals surface area contributed by atoms with Crippen LogP contribution in [0.3, 0.4) is 0 Å². The number of phenolic OH excluding ortho intramolecular Hbond substituents is 1. The quantitative estimate of drug-likeness (QED) is 0.775. The Morgan fingerprint density at radius 1 is 1.50 bits per heavy atom. The number of carbonyl (C=O) groups excluding carboxylic acids is 1. The molecule has 4 nitrogen and oxygen atoms in total. The molecule has 0 amide bonds. The molecule has 0 fully saturated rings. The molecule has 1 aliphatic carbocycles. The monoisotopic (exact) mass is 219 g/mol. The number of hydrogen-bond donors (Lipinski definition) is 1. The van der Waals surface area contributed by atoms with Gasteiger partial charge in [0.2, 0.25) is 0 Å². The molecule has 0 heterocycles. The zero-order valence-electron chi connectivity index (χ0n) is 9.01. The Kier molecular flexibility index (Phi) is 2.73. The van der Waals surface area contributed by atoms with Crippen molar-refractivity contribution in [1.82, 2.24) is 0 Å². The molecule has 0 bridgehead atoms. The second-order valence-electron chi connectivity index (χ2n) is 4.25. The molecule has 4 heteroatoms. The van der Waals surface area contributed by atoms with E-state index in [1.54, 1.807) is 18.2 Å². The number of phenols is 1. The molecule has 0 spiro atoms. The van der Waals surface area contributed by atoms with Crippen LogP contribution in [0, 0.1) is 4.91 Å². The molecule has 1 N–H and O–H groups in total. The highest BCUT2D eigenvalue weighted by atomic mass is 16.3. The molecule has 2 atom stereocenters. The minimum absolute atomic E-state index is 0.0141. The van der Waals surface area contributed by atoms with E-state index in [9.17, 15) is 14.8 Å². The van der Waals surface area contributed by atoms with Crippen molar-refractivity contribution in [3.63, 3.8) is 0 Å². The van der Waals surface area contributed by atoms with Gasteiger partial charge in [-0.1, -0.05) is 11.2 Å². The number of Topliss-reactive ketones (excluding diaryl/α,β-unsaturated/α-hetero) is 1. The fourth-order valence-electron chi connectivity index (χ4n) is 2.29. The highest BCUT2D eigenvalue weighted by Crippen LogP contribution is 2.35. The van der Waals surface area contributed by atoms with E-state index in [2.05, 4.69) is 5.18 Å². The zero-order chi connectivity index (χ0) is 11.7. The molecule has 1 aromatic carbocycles. The Morgan fingerprint density at radius 3 is 2.88 bits per heavy atom. The molecular formula is C12H13NO3. The van der Waals surface area contributed by atoms with E-state index in [0.29, 0.717) is 12.8 Å². The minimum atomic E-state index is -0.328. The van der Waals surface area contributed by atoms with Crippen LogP contribution in [0.15, 0.2) is 23.4 Å². The summed E-state index contributed by atoms with van der Waals surface area (Å²) in [4.78, 5) is 22.1. The minimum Gasteiger partial charge on any atom is -0.508 e. The van der Waals surface area contributed by atoms with Crippen LogP contribution < -0.4 is 0 Å². The van der Waals surface area contributed by atoms with Crippen molar-refractivity contribution in [2.24, 2.45) is 5.18 Å². The third-order valence-corrected chi connectivity index (χ3v) is 3.11. The Hall–Kier alpha value is -1.71. The first-order valence-corrected chi connectivity index (χ1v) is 5.26. The largest absolute Gasteiger partial charge is 0.508 e. The van der Waals surface area contributed by atoms with Crippen molar-refractivity contribution in [2.75, 3.05) is 0 Å². The Labute approximate surface area is 93.3 Å². The Morgan fingerprint density at radius 2 is 2.25 bits per heavy atom. The fourth-order valence-corrected chi connectivity index (χ4v) is 2.29. The first-order chi connectivity index (χ1) is 7.61. The lowest BCUT2D eigenvalue weighted by molar-refractivity contribution is -0.118. The second kappa shape index (κ2) is 4.04. The summed E-state index contributed by atoms with van der Waals surface area (Å²) >= 11 is 0. The lowest BCUT2D eigenvalue weighted by Crippen LogP contribution is -2.25. The molecule has 1 unspecified atom stereocenters. The van der Waals surface area contributed by atoms with E-state index >= 15 is 0 Å². The third kappa shape index (κ3) is 1.83. The number of nitroso groups, excluding NO2 is 1. The van der Waals surface area contributed by atoms with E-state index in [1.165, 1.54) is 6.92 Å². The van der Waals surface area contributed by atoms with Gasteiger partial charge in [0, 0.05) is 5.92 Å². The smallest absolute Gasteiger partial charge is 0.137 e. The zero-order valence-corrected chi connectivity index (χ0v) is 9.01. The molecule has 0 aromatic heterocycles. The second-order valence-corrected chi connectivity index (χ2v) is 4.25. The summed E-state index contributed by atoms with van der Waals surface area (Å²) in [5, 5.41) is 12.5. The van der Waals surface area contributed by atoms with Crippen molar-refractivity contribution in [3.05, 3.63) is 34.2 Å². The van der Waals surface area contributed by atoms with Gasteiger partial charge in [-0.3, -0.25) is 4.79 Å². The lowest BCUT2D eigenvalue weighted by Gasteiger charge is -2.26. The lowest BCUT2D eigenvalue weighted by atomic mass is 9.78. The summed E-state index contributed by atoms with van der Waals surface area (Å²) in [5.74, 6) is -0.138. The van der Waals surface area contributed by atoms with E-state index < -0.39 is 0 Å². The first kappa shape index (κ1) is 10.8. The standard InChI is InChI=1S/C12H13NO3/c1-7(14)11-5-9(13-16)4-8-2-3-10(15)6-12(8)11/h2-3,6,9,11,15H,4-5H2,1H3/t9-,11?/m0/s1. The summed E-state index contributed by atoms with van der Waals surface area (Å²) in [6.07, 6.45) is 1.01. The van der Waals surface area contributed by atoms with Crippen LogP contribution in [0.4, 0.5) is 0 Å². The van der Waals surface area contributed by atoms with Gasteiger partial charge >= 0.3 is 0 Å². The number of aromatic hydroxyl groups is 1. The number of hydrogen-bond acceptors (Lipinski definition) is 4. The van der Waals surface area contributed by atoms with Crippen LogP contribution in [0.2, 0.25) is 0 Å². The van der Waals surface area contributed by atoms with Crippen molar-refractivity contribution < 1.29 is 9.90 Å². The van der Waals surface area contributed by atoms with Gasteiger partial charge < -0.3 is 5.11 Å². The van der Waals surface area contributed by atoms with Gasteiger partial charge in [0.15, 0.2) is 0 Å². The summed E-state index contributed by atoms with van der Waals surface area (Å²) in [7, 11) is 0. The van der Waals surface area contributed by atoms with Gasteiger partial charge in [0.05, 0.1) is 6.04 Å². The van der Waals surface area contributed by atoms with Gasteiger partial charge in [-0.25, -0.2) is 0 Å². The first-order valence-electron chi connectivity index (χ1n) is 5.26. The topological polar surface area (TPSA) is 66.7 Å².